The number of anilines is 1. The molecule has 5 nitrogen and oxygen atoms in total. The third-order valence-corrected chi connectivity index (χ3v) is 4.14. The summed E-state index contributed by atoms with van der Waals surface area (Å²) in [5, 5.41) is 7.34. The van der Waals surface area contributed by atoms with Gasteiger partial charge in [-0.15, -0.1) is 0 Å². The van der Waals surface area contributed by atoms with E-state index >= 15 is 0 Å². The average Bonchev–Trinajstić information content (AvgIpc) is 2.21. The minimum Gasteiger partial charge on any atom is -0.480 e. The van der Waals surface area contributed by atoms with Crippen LogP contribution < -0.4 is 4.72 Å². The summed E-state index contributed by atoms with van der Waals surface area (Å²) in [7, 11) is -3.98. The molecule has 0 radical (unpaired) electrons. The third-order valence-electron chi connectivity index (χ3n) is 2.19. The van der Waals surface area contributed by atoms with Crippen molar-refractivity contribution in [1.29, 1.82) is 0 Å². The van der Waals surface area contributed by atoms with Gasteiger partial charge in [0, 0.05) is 0 Å². The fraction of sp³-hybridized carbons (Fsp3) is 0.300. The molecule has 94 valence electrons. The van der Waals surface area contributed by atoms with E-state index in [0.29, 0.717) is 0 Å². The van der Waals surface area contributed by atoms with E-state index in [4.69, 9.17) is 16.7 Å². The molecule has 1 rings (SSSR count). The largest absolute Gasteiger partial charge is 0.480 e. The number of rotatable bonds is 4. The molecule has 0 saturated heterocycles. The van der Waals surface area contributed by atoms with E-state index in [1.807, 2.05) is 6.92 Å². The Morgan fingerprint density at radius 1 is 1.47 bits per heavy atom. The molecule has 1 aromatic carbocycles. The Morgan fingerprint density at radius 3 is 2.53 bits per heavy atom. The minimum absolute atomic E-state index is 0.172. The van der Waals surface area contributed by atoms with Crippen LogP contribution in [0.5, 0.6) is 0 Å². The monoisotopic (exact) mass is 277 g/mol. The number of carboxylic acid groups (broad SMARTS) is 1. The van der Waals surface area contributed by atoms with Crippen molar-refractivity contribution >= 4 is 33.3 Å². The quantitative estimate of drug-likeness (QED) is 0.880. The van der Waals surface area contributed by atoms with Gasteiger partial charge in [0.2, 0.25) is 10.0 Å². The molecule has 0 aliphatic heterocycles. The Balaban J connectivity index is 3.02. The SMILES string of the molecule is Cc1ccc(NS(=O)(=O)C(C)C(=O)O)c(Cl)c1. The lowest BCUT2D eigenvalue weighted by atomic mass is 10.2. The van der Waals surface area contributed by atoms with Gasteiger partial charge in [-0.3, -0.25) is 9.52 Å². The molecule has 17 heavy (non-hydrogen) atoms. The molecule has 0 spiro atoms. The highest BCUT2D eigenvalue weighted by Crippen LogP contribution is 2.24. The predicted octanol–water partition coefficient (Wildman–Crippen LogP) is 1.86. The summed E-state index contributed by atoms with van der Waals surface area (Å²) < 4.78 is 25.4. The van der Waals surface area contributed by atoms with Gasteiger partial charge in [-0.25, -0.2) is 8.42 Å². The summed E-state index contributed by atoms with van der Waals surface area (Å²) in [6, 6.07) is 4.75. The van der Waals surface area contributed by atoms with Crippen LogP contribution in [0, 0.1) is 6.92 Å². The van der Waals surface area contributed by atoms with Crippen LogP contribution in [0.15, 0.2) is 18.2 Å². The van der Waals surface area contributed by atoms with Gasteiger partial charge in [0.15, 0.2) is 5.25 Å². The Kier molecular flexibility index (Phi) is 4.00. The fourth-order valence-electron chi connectivity index (χ4n) is 1.08. The molecule has 0 saturated carbocycles. The van der Waals surface area contributed by atoms with E-state index < -0.39 is 21.2 Å². The summed E-state index contributed by atoms with van der Waals surface area (Å²) in [6.45, 7) is 2.90. The van der Waals surface area contributed by atoms with Crippen molar-refractivity contribution in [1.82, 2.24) is 0 Å². The van der Waals surface area contributed by atoms with Crippen LogP contribution >= 0.6 is 11.6 Å². The van der Waals surface area contributed by atoms with Crippen molar-refractivity contribution in [2.24, 2.45) is 0 Å². The summed E-state index contributed by atoms with van der Waals surface area (Å²) in [6.07, 6.45) is 0. The van der Waals surface area contributed by atoms with E-state index in [-0.39, 0.29) is 10.7 Å². The number of aryl methyl sites for hydroxylation is 1. The lowest BCUT2D eigenvalue weighted by Gasteiger charge is -2.12. The van der Waals surface area contributed by atoms with Crippen molar-refractivity contribution < 1.29 is 18.3 Å². The topological polar surface area (TPSA) is 83.5 Å². The van der Waals surface area contributed by atoms with Crippen molar-refractivity contribution in [3.63, 3.8) is 0 Å². The Morgan fingerprint density at radius 2 is 2.06 bits per heavy atom. The highest BCUT2D eigenvalue weighted by molar-refractivity contribution is 7.94. The van der Waals surface area contributed by atoms with Crippen LogP contribution in [0.25, 0.3) is 0 Å². The predicted molar refractivity (Wildman–Crippen MR) is 65.8 cm³/mol. The molecular formula is C10H12ClNO4S. The molecule has 0 aliphatic carbocycles. The zero-order valence-corrected chi connectivity index (χ0v) is 10.8. The number of aliphatic carboxylic acids is 1. The first-order chi connectivity index (χ1) is 7.74. The summed E-state index contributed by atoms with van der Waals surface area (Å²) in [5.41, 5.74) is 1.05. The standard InChI is InChI=1S/C10H12ClNO4S/c1-6-3-4-9(8(11)5-6)12-17(15,16)7(2)10(13)14/h3-5,7,12H,1-2H3,(H,13,14). The molecule has 0 aromatic heterocycles. The van der Waals surface area contributed by atoms with E-state index in [1.54, 1.807) is 12.1 Å². The molecule has 0 fully saturated rings. The van der Waals surface area contributed by atoms with Gasteiger partial charge in [-0.05, 0) is 31.5 Å². The van der Waals surface area contributed by atoms with Crippen LogP contribution in [-0.2, 0) is 14.8 Å². The normalized spacial score (nSPS) is 13.1. The van der Waals surface area contributed by atoms with Crippen molar-refractivity contribution in [3.05, 3.63) is 28.8 Å². The van der Waals surface area contributed by atoms with Gasteiger partial charge < -0.3 is 5.11 Å². The lowest BCUT2D eigenvalue weighted by Crippen LogP contribution is -2.32. The van der Waals surface area contributed by atoms with Crippen molar-refractivity contribution in [2.75, 3.05) is 4.72 Å². The van der Waals surface area contributed by atoms with E-state index in [2.05, 4.69) is 4.72 Å². The van der Waals surface area contributed by atoms with Gasteiger partial charge >= 0.3 is 5.97 Å². The maximum atomic E-state index is 11.6. The van der Waals surface area contributed by atoms with Crippen LogP contribution in [0.2, 0.25) is 5.02 Å². The number of nitrogens with one attached hydrogen (secondary N) is 1. The van der Waals surface area contributed by atoms with Crippen LogP contribution in [0.1, 0.15) is 12.5 Å². The minimum atomic E-state index is -3.98. The highest BCUT2D eigenvalue weighted by atomic mass is 35.5. The smallest absolute Gasteiger partial charge is 0.323 e. The van der Waals surface area contributed by atoms with Gasteiger partial charge in [0.05, 0.1) is 10.7 Å². The van der Waals surface area contributed by atoms with Gasteiger partial charge in [-0.1, -0.05) is 17.7 Å². The molecule has 0 heterocycles. The van der Waals surface area contributed by atoms with Crippen molar-refractivity contribution in [2.45, 2.75) is 19.1 Å². The molecule has 1 aromatic rings. The maximum Gasteiger partial charge on any atom is 0.323 e. The Hall–Kier alpha value is -1.27. The highest BCUT2D eigenvalue weighted by Gasteiger charge is 2.28. The first kappa shape index (κ1) is 13.8. The second kappa shape index (κ2) is 4.93. The zero-order chi connectivity index (χ0) is 13.2. The van der Waals surface area contributed by atoms with E-state index in [1.165, 1.54) is 6.07 Å². The summed E-state index contributed by atoms with van der Waals surface area (Å²) in [4.78, 5) is 10.6. The summed E-state index contributed by atoms with van der Waals surface area (Å²) >= 11 is 5.85. The van der Waals surface area contributed by atoms with Crippen LogP contribution in [-0.4, -0.2) is 24.7 Å². The Bertz CT molecular complexity index is 541. The first-order valence-electron chi connectivity index (χ1n) is 4.74. The number of hydrogen-bond donors (Lipinski definition) is 2. The number of halogens is 1. The molecule has 2 N–H and O–H groups in total. The van der Waals surface area contributed by atoms with Gasteiger partial charge in [0.1, 0.15) is 0 Å². The van der Waals surface area contributed by atoms with Gasteiger partial charge in [0.25, 0.3) is 0 Å². The number of hydrogen-bond acceptors (Lipinski definition) is 3. The lowest BCUT2D eigenvalue weighted by molar-refractivity contribution is -0.136. The second-order valence-electron chi connectivity index (χ2n) is 3.61. The molecule has 0 amide bonds. The van der Waals surface area contributed by atoms with Crippen molar-refractivity contribution in [3.8, 4) is 0 Å². The molecule has 0 aliphatic rings. The number of benzene rings is 1. The van der Waals surface area contributed by atoms with E-state index in [9.17, 15) is 13.2 Å². The number of sulfonamides is 1. The first-order valence-corrected chi connectivity index (χ1v) is 6.67. The fourth-order valence-corrected chi connectivity index (χ4v) is 2.34. The molecule has 1 unspecified atom stereocenters. The zero-order valence-electron chi connectivity index (χ0n) is 9.27. The Labute approximate surface area is 104 Å². The van der Waals surface area contributed by atoms with Crippen LogP contribution in [0.3, 0.4) is 0 Å². The second-order valence-corrected chi connectivity index (χ2v) is 6.02. The number of carboxylic acids is 1. The molecular weight excluding hydrogens is 266 g/mol. The summed E-state index contributed by atoms with van der Waals surface area (Å²) in [5.74, 6) is -1.42. The van der Waals surface area contributed by atoms with E-state index in [0.717, 1.165) is 12.5 Å². The maximum absolute atomic E-state index is 11.6. The van der Waals surface area contributed by atoms with Crippen LogP contribution in [0.4, 0.5) is 5.69 Å². The van der Waals surface area contributed by atoms with Gasteiger partial charge in [-0.2, -0.15) is 0 Å². The molecule has 7 heteroatoms. The average molecular weight is 278 g/mol. The molecule has 0 bridgehead atoms. The molecule has 1 atom stereocenters. The number of carbonyl (C=O) groups is 1. The third kappa shape index (κ3) is 3.34.